The van der Waals surface area contributed by atoms with Gasteiger partial charge >= 0.3 is 0 Å². The van der Waals surface area contributed by atoms with Gasteiger partial charge in [0.25, 0.3) is 0 Å². The average molecular weight is 315 g/mol. The molecule has 1 fully saturated rings. The summed E-state index contributed by atoms with van der Waals surface area (Å²) in [6.07, 6.45) is 1.56. The Morgan fingerprint density at radius 3 is 2.62 bits per heavy atom. The first-order chi connectivity index (χ1) is 10.1. The Balaban J connectivity index is 1.61. The van der Waals surface area contributed by atoms with E-state index in [2.05, 4.69) is 5.32 Å². The molecule has 2 rings (SSSR count). The summed E-state index contributed by atoms with van der Waals surface area (Å²) < 4.78 is 19.9. The minimum atomic E-state index is -1.22. The zero-order valence-corrected chi connectivity index (χ0v) is 12.6. The molecular formula is C15H20ClFN2O2. The van der Waals surface area contributed by atoms with Crippen LogP contribution in [0.5, 0.6) is 5.75 Å². The van der Waals surface area contributed by atoms with Crippen LogP contribution in [-0.2, 0) is 4.79 Å². The van der Waals surface area contributed by atoms with E-state index in [0.29, 0.717) is 50.7 Å². The van der Waals surface area contributed by atoms with Gasteiger partial charge in [-0.1, -0.05) is 11.6 Å². The number of alkyl halides is 1. The minimum absolute atomic E-state index is 0.295. The third kappa shape index (κ3) is 5.17. The fourth-order valence-electron chi connectivity index (χ4n) is 2.29. The second kappa shape index (κ2) is 7.61. The first kappa shape index (κ1) is 16.0. The smallest absolute Gasteiger partial charge is 0.209 e. The number of likely N-dealkylation sites (tertiary alicyclic amines) is 1. The van der Waals surface area contributed by atoms with Crippen molar-refractivity contribution in [3.05, 3.63) is 29.3 Å². The molecular weight excluding hydrogens is 295 g/mol. The van der Waals surface area contributed by atoms with E-state index >= 15 is 0 Å². The molecule has 116 valence electrons. The summed E-state index contributed by atoms with van der Waals surface area (Å²) in [7, 11) is 0. The summed E-state index contributed by atoms with van der Waals surface area (Å²) in [5.41, 5.74) is -1.22. The van der Waals surface area contributed by atoms with Crippen LogP contribution >= 0.6 is 11.6 Å². The zero-order valence-electron chi connectivity index (χ0n) is 11.9. The molecule has 4 nitrogen and oxygen atoms in total. The number of carbonyl (C=O) groups is 1. The molecule has 1 amide bonds. The lowest BCUT2D eigenvalue weighted by atomic mass is 9.93. The number of hydrogen-bond acceptors (Lipinski definition) is 3. The molecule has 1 aliphatic heterocycles. The number of ether oxygens (including phenoxy) is 1. The first-order valence-electron chi connectivity index (χ1n) is 7.09. The van der Waals surface area contributed by atoms with E-state index in [1.165, 1.54) is 0 Å². The van der Waals surface area contributed by atoms with E-state index in [-0.39, 0.29) is 0 Å². The van der Waals surface area contributed by atoms with E-state index in [1.54, 1.807) is 29.2 Å². The molecule has 0 radical (unpaired) electrons. The van der Waals surface area contributed by atoms with Gasteiger partial charge in [-0.15, -0.1) is 0 Å². The molecule has 0 spiro atoms. The molecule has 0 atom stereocenters. The molecule has 1 N–H and O–H groups in total. The van der Waals surface area contributed by atoms with Crippen molar-refractivity contribution >= 4 is 18.0 Å². The summed E-state index contributed by atoms with van der Waals surface area (Å²) >= 11 is 5.78. The number of hydrogen-bond donors (Lipinski definition) is 1. The molecule has 0 aliphatic carbocycles. The summed E-state index contributed by atoms with van der Waals surface area (Å²) in [5, 5.41) is 3.75. The van der Waals surface area contributed by atoms with Gasteiger partial charge in [-0.3, -0.25) is 4.79 Å². The molecule has 1 heterocycles. The largest absolute Gasteiger partial charge is 0.492 e. The average Bonchev–Trinajstić information content (AvgIpc) is 2.50. The third-order valence-corrected chi connectivity index (χ3v) is 3.90. The maximum atomic E-state index is 14.4. The number of amides is 1. The molecule has 0 unspecified atom stereocenters. The predicted octanol–water partition coefficient (Wildman–Crippen LogP) is 2.27. The van der Waals surface area contributed by atoms with Gasteiger partial charge < -0.3 is 15.0 Å². The van der Waals surface area contributed by atoms with Crippen molar-refractivity contribution < 1.29 is 13.9 Å². The van der Waals surface area contributed by atoms with Crippen molar-refractivity contribution in [2.24, 2.45) is 0 Å². The fraction of sp³-hybridized carbons (Fsp3) is 0.533. The molecule has 1 aromatic rings. The summed E-state index contributed by atoms with van der Waals surface area (Å²) in [6, 6.07) is 7.13. The van der Waals surface area contributed by atoms with Gasteiger partial charge in [0.05, 0.1) is 0 Å². The van der Waals surface area contributed by atoms with Crippen molar-refractivity contribution in [3.8, 4) is 5.75 Å². The minimum Gasteiger partial charge on any atom is -0.492 e. The summed E-state index contributed by atoms with van der Waals surface area (Å²) in [6.45, 7) is 2.32. The third-order valence-electron chi connectivity index (χ3n) is 3.65. The maximum Gasteiger partial charge on any atom is 0.209 e. The van der Waals surface area contributed by atoms with Crippen molar-refractivity contribution in [1.29, 1.82) is 0 Å². The predicted molar refractivity (Wildman–Crippen MR) is 80.5 cm³/mol. The van der Waals surface area contributed by atoms with Crippen LogP contribution in [0.4, 0.5) is 4.39 Å². The van der Waals surface area contributed by atoms with Crippen LogP contribution in [0, 0.1) is 0 Å². The number of halogens is 2. The van der Waals surface area contributed by atoms with Crippen LogP contribution in [0.3, 0.4) is 0 Å². The van der Waals surface area contributed by atoms with Gasteiger partial charge in [0, 0.05) is 44.0 Å². The van der Waals surface area contributed by atoms with E-state index in [0.717, 1.165) is 12.2 Å². The van der Waals surface area contributed by atoms with Crippen molar-refractivity contribution in [1.82, 2.24) is 10.2 Å². The molecule has 1 aliphatic rings. The van der Waals surface area contributed by atoms with Crippen molar-refractivity contribution in [2.75, 3.05) is 32.8 Å². The summed E-state index contributed by atoms with van der Waals surface area (Å²) in [5.74, 6) is 0.746. The maximum absolute atomic E-state index is 14.4. The number of piperidine rings is 1. The Morgan fingerprint density at radius 2 is 2.00 bits per heavy atom. The van der Waals surface area contributed by atoms with Gasteiger partial charge in [-0.2, -0.15) is 0 Å². The Hall–Kier alpha value is -1.33. The second-order valence-corrected chi connectivity index (χ2v) is 5.71. The van der Waals surface area contributed by atoms with Gasteiger partial charge in [0.1, 0.15) is 18.0 Å². The highest BCUT2D eigenvalue weighted by molar-refractivity contribution is 6.30. The van der Waals surface area contributed by atoms with Crippen LogP contribution in [0.25, 0.3) is 0 Å². The van der Waals surface area contributed by atoms with Crippen molar-refractivity contribution in [2.45, 2.75) is 18.5 Å². The lowest BCUT2D eigenvalue weighted by molar-refractivity contribution is -0.120. The Kier molecular flexibility index (Phi) is 5.82. The quantitative estimate of drug-likeness (QED) is 0.620. The molecule has 1 saturated heterocycles. The van der Waals surface area contributed by atoms with Gasteiger partial charge in [0.15, 0.2) is 0 Å². The number of benzene rings is 1. The molecule has 1 aromatic carbocycles. The lowest BCUT2D eigenvalue weighted by Crippen LogP contribution is -2.47. The Bertz CT molecular complexity index is 447. The van der Waals surface area contributed by atoms with Crippen LogP contribution in [0.15, 0.2) is 24.3 Å². The highest BCUT2D eigenvalue weighted by Gasteiger charge is 2.33. The molecule has 21 heavy (non-hydrogen) atoms. The van der Waals surface area contributed by atoms with Crippen LogP contribution < -0.4 is 10.1 Å². The normalized spacial score (nSPS) is 17.5. The topological polar surface area (TPSA) is 41.6 Å². The lowest BCUT2D eigenvalue weighted by Gasteiger charge is -2.34. The number of carbonyl (C=O) groups excluding carboxylic acids is 1. The fourth-order valence-corrected chi connectivity index (χ4v) is 2.42. The standard InChI is InChI=1S/C15H20ClFN2O2/c16-13-1-3-14(4-2-13)21-10-7-18-11-15(17)5-8-19(12-20)9-6-15/h1-4,12,18H,5-11H2. The van der Waals surface area contributed by atoms with Gasteiger partial charge in [-0.05, 0) is 24.3 Å². The van der Waals surface area contributed by atoms with Crippen LogP contribution in [0.1, 0.15) is 12.8 Å². The Morgan fingerprint density at radius 1 is 1.33 bits per heavy atom. The van der Waals surface area contributed by atoms with E-state index in [1.807, 2.05) is 0 Å². The van der Waals surface area contributed by atoms with Gasteiger partial charge in [0.2, 0.25) is 6.41 Å². The van der Waals surface area contributed by atoms with Crippen molar-refractivity contribution in [3.63, 3.8) is 0 Å². The zero-order chi connectivity index (χ0) is 15.1. The molecule has 0 saturated carbocycles. The SMILES string of the molecule is O=CN1CCC(F)(CNCCOc2ccc(Cl)cc2)CC1. The highest BCUT2D eigenvalue weighted by atomic mass is 35.5. The van der Waals surface area contributed by atoms with Crippen LogP contribution in [-0.4, -0.2) is 49.8 Å². The Labute approximate surface area is 129 Å². The second-order valence-electron chi connectivity index (χ2n) is 5.27. The number of rotatable bonds is 7. The summed E-state index contributed by atoms with van der Waals surface area (Å²) in [4.78, 5) is 12.2. The molecule has 6 heteroatoms. The van der Waals surface area contributed by atoms with Gasteiger partial charge in [-0.25, -0.2) is 4.39 Å². The van der Waals surface area contributed by atoms with Crippen LogP contribution in [0.2, 0.25) is 5.02 Å². The number of nitrogens with one attached hydrogen (secondary N) is 1. The molecule has 0 aromatic heterocycles. The number of nitrogens with zero attached hydrogens (tertiary/aromatic N) is 1. The van der Waals surface area contributed by atoms with E-state index < -0.39 is 5.67 Å². The highest BCUT2D eigenvalue weighted by Crippen LogP contribution is 2.25. The first-order valence-corrected chi connectivity index (χ1v) is 7.46. The monoisotopic (exact) mass is 314 g/mol. The molecule has 0 bridgehead atoms. The van der Waals surface area contributed by atoms with E-state index in [4.69, 9.17) is 16.3 Å². The van der Waals surface area contributed by atoms with E-state index in [9.17, 15) is 9.18 Å².